The Morgan fingerprint density at radius 2 is 2.06 bits per heavy atom. The number of aromatic amines is 1. The monoisotopic (exact) mass is 464 g/mol. The van der Waals surface area contributed by atoms with E-state index in [2.05, 4.69) is 25.3 Å². The predicted octanol–water partition coefficient (Wildman–Crippen LogP) is 4.56. The van der Waals surface area contributed by atoms with Gasteiger partial charge in [-0.15, -0.1) is 0 Å². The zero-order valence-electron chi connectivity index (χ0n) is 17.4. The van der Waals surface area contributed by atoms with Crippen LogP contribution in [0.3, 0.4) is 0 Å². The molecule has 1 aromatic carbocycles. The molecule has 0 aliphatic carbocycles. The van der Waals surface area contributed by atoms with Crippen molar-refractivity contribution in [1.82, 2.24) is 15.3 Å². The maximum absolute atomic E-state index is 14.7. The number of carbonyl (C=O) groups is 1. The minimum atomic E-state index is -3.28. The van der Waals surface area contributed by atoms with E-state index in [1.54, 1.807) is 7.11 Å². The fourth-order valence-corrected chi connectivity index (χ4v) is 3.83. The van der Waals surface area contributed by atoms with E-state index in [1.807, 2.05) is 0 Å². The summed E-state index contributed by atoms with van der Waals surface area (Å²) in [5, 5.41) is 5.59. The molecule has 3 heterocycles. The molecule has 0 saturated heterocycles. The highest BCUT2D eigenvalue weighted by Gasteiger charge is 2.33. The summed E-state index contributed by atoms with van der Waals surface area (Å²) in [5.74, 6) is -3.05. The van der Waals surface area contributed by atoms with E-state index < -0.39 is 29.9 Å². The van der Waals surface area contributed by atoms with Gasteiger partial charge in [0.05, 0.1) is 28.8 Å². The van der Waals surface area contributed by atoms with Crippen LogP contribution >= 0.6 is 0 Å². The van der Waals surface area contributed by atoms with Crippen LogP contribution < -0.4 is 15.4 Å². The summed E-state index contributed by atoms with van der Waals surface area (Å²) >= 11 is 0. The third-order valence-electron chi connectivity index (χ3n) is 5.32. The van der Waals surface area contributed by atoms with Crippen LogP contribution in [0.4, 0.5) is 28.9 Å². The van der Waals surface area contributed by atoms with Crippen molar-refractivity contribution in [3.05, 3.63) is 59.6 Å². The number of alkyl halides is 2. The number of nitrogens with zero attached hydrogens (tertiary/aromatic N) is 1. The maximum Gasteiger partial charge on any atom is 0.387 e. The first-order valence-electron chi connectivity index (χ1n) is 10.0. The zero-order valence-corrected chi connectivity index (χ0v) is 17.4. The molecule has 1 atom stereocenters. The molecule has 1 amide bonds. The Bertz CT molecular complexity index is 1170. The number of benzene rings is 1. The molecule has 174 valence electrons. The van der Waals surface area contributed by atoms with Crippen LogP contribution in [0.1, 0.15) is 28.4 Å². The number of carbonyl (C=O) groups excluding carboxylic acids is 1. The molecule has 4 rings (SSSR count). The van der Waals surface area contributed by atoms with Crippen molar-refractivity contribution >= 4 is 17.3 Å². The molecule has 1 aliphatic rings. The molecule has 3 N–H and O–H groups in total. The number of amides is 1. The van der Waals surface area contributed by atoms with Crippen LogP contribution in [-0.2, 0) is 4.74 Å². The number of fused-ring (bicyclic) bond motifs is 1. The van der Waals surface area contributed by atoms with Gasteiger partial charge in [0.2, 0.25) is 0 Å². The van der Waals surface area contributed by atoms with E-state index >= 15 is 0 Å². The van der Waals surface area contributed by atoms with Crippen molar-refractivity contribution in [2.45, 2.75) is 19.0 Å². The number of para-hydroxylation sites is 1. The first-order chi connectivity index (χ1) is 15.9. The van der Waals surface area contributed by atoms with Gasteiger partial charge in [0.25, 0.3) is 5.91 Å². The second-order valence-electron chi connectivity index (χ2n) is 7.33. The van der Waals surface area contributed by atoms with Crippen LogP contribution in [0.2, 0.25) is 0 Å². The van der Waals surface area contributed by atoms with E-state index in [0.29, 0.717) is 25.3 Å². The van der Waals surface area contributed by atoms with Crippen molar-refractivity contribution in [2.75, 3.05) is 25.6 Å². The number of pyridine rings is 1. The standard InChI is InChI=1S/C22H20F4N4O3/c1-32-8-6-11-9-28-21(31)16-17(11)30-18(12-5-7-27-10-14(12)24)19(16)29-15-4-2-3-13(23)20(15)33-22(25)26/h2-5,7,10-11,22,29-30H,6,8-9H2,1H3,(H,28,31)/t11-/m0/s1. The van der Waals surface area contributed by atoms with Crippen LogP contribution in [-0.4, -0.2) is 42.7 Å². The molecule has 11 heteroatoms. The number of methoxy groups -OCH3 is 1. The Balaban J connectivity index is 1.89. The van der Waals surface area contributed by atoms with Gasteiger partial charge in [-0.05, 0) is 24.6 Å². The number of anilines is 2. The fraction of sp³-hybridized carbons (Fsp3) is 0.273. The summed E-state index contributed by atoms with van der Waals surface area (Å²) in [5.41, 5.74) is 0.914. The van der Waals surface area contributed by atoms with E-state index in [9.17, 15) is 22.4 Å². The van der Waals surface area contributed by atoms with Gasteiger partial charge in [0.15, 0.2) is 17.4 Å². The quantitative estimate of drug-likeness (QED) is 0.426. The summed E-state index contributed by atoms with van der Waals surface area (Å²) < 4.78 is 64.3. The Labute approximate surface area is 186 Å². The lowest BCUT2D eigenvalue weighted by Gasteiger charge is -2.23. The van der Waals surface area contributed by atoms with Crippen LogP contribution in [0, 0.1) is 11.6 Å². The highest BCUT2D eigenvalue weighted by Crippen LogP contribution is 2.42. The molecule has 0 bridgehead atoms. The number of aromatic nitrogens is 2. The van der Waals surface area contributed by atoms with Crippen molar-refractivity contribution in [3.8, 4) is 17.0 Å². The first-order valence-corrected chi connectivity index (χ1v) is 10.0. The molecule has 0 radical (unpaired) electrons. The third-order valence-corrected chi connectivity index (χ3v) is 5.32. The second-order valence-corrected chi connectivity index (χ2v) is 7.33. The summed E-state index contributed by atoms with van der Waals surface area (Å²) in [7, 11) is 1.55. The number of H-pyrrole nitrogens is 1. The van der Waals surface area contributed by atoms with E-state index in [4.69, 9.17) is 4.74 Å². The normalized spacial score (nSPS) is 15.3. The summed E-state index contributed by atoms with van der Waals surface area (Å²) in [6.45, 7) is -2.54. The van der Waals surface area contributed by atoms with Gasteiger partial charge in [-0.25, -0.2) is 8.78 Å². The van der Waals surface area contributed by atoms with Gasteiger partial charge >= 0.3 is 6.61 Å². The largest absolute Gasteiger partial charge is 0.429 e. The molecule has 0 fully saturated rings. The highest BCUT2D eigenvalue weighted by atomic mass is 19.3. The molecule has 2 aromatic heterocycles. The molecule has 33 heavy (non-hydrogen) atoms. The number of nitrogens with one attached hydrogen (secondary N) is 3. The molecule has 0 saturated carbocycles. The lowest BCUT2D eigenvalue weighted by atomic mass is 9.93. The van der Waals surface area contributed by atoms with Gasteiger partial charge in [0.1, 0.15) is 0 Å². The Morgan fingerprint density at radius 3 is 2.79 bits per heavy atom. The molecular formula is C22H20F4N4O3. The van der Waals surface area contributed by atoms with Gasteiger partial charge in [-0.1, -0.05) is 6.07 Å². The molecular weight excluding hydrogens is 444 g/mol. The lowest BCUT2D eigenvalue weighted by Crippen LogP contribution is -2.35. The van der Waals surface area contributed by atoms with Crippen molar-refractivity contribution < 1.29 is 31.8 Å². The van der Waals surface area contributed by atoms with E-state index in [-0.39, 0.29) is 34.1 Å². The van der Waals surface area contributed by atoms with E-state index in [1.165, 1.54) is 24.4 Å². The molecule has 7 nitrogen and oxygen atoms in total. The van der Waals surface area contributed by atoms with Crippen molar-refractivity contribution in [2.24, 2.45) is 0 Å². The molecule has 0 spiro atoms. The van der Waals surface area contributed by atoms with Crippen LogP contribution in [0.25, 0.3) is 11.3 Å². The first kappa shape index (κ1) is 22.6. The fourth-order valence-electron chi connectivity index (χ4n) is 3.83. The second kappa shape index (κ2) is 9.49. The minimum absolute atomic E-state index is 0.0907. The zero-order chi connectivity index (χ0) is 23.5. The topological polar surface area (TPSA) is 88.3 Å². The van der Waals surface area contributed by atoms with Crippen LogP contribution in [0.5, 0.6) is 5.75 Å². The third kappa shape index (κ3) is 4.49. The summed E-state index contributed by atoms with van der Waals surface area (Å²) in [6.07, 6.45) is 2.94. The number of rotatable bonds is 8. The summed E-state index contributed by atoms with van der Waals surface area (Å²) in [4.78, 5) is 19.7. The molecule has 1 aliphatic heterocycles. The number of ether oxygens (including phenoxy) is 2. The Kier molecular flexibility index (Phi) is 6.50. The Hall–Kier alpha value is -3.60. The average Bonchev–Trinajstić information content (AvgIpc) is 3.16. The van der Waals surface area contributed by atoms with Gasteiger partial charge < -0.3 is 25.1 Å². The van der Waals surface area contributed by atoms with Crippen molar-refractivity contribution in [3.63, 3.8) is 0 Å². The minimum Gasteiger partial charge on any atom is -0.429 e. The van der Waals surface area contributed by atoms with Gasteiger partial charge in [-0.3, -0.25) is 9.78 Å². The predicted molar refractivity (Wildman–Crippen MR) is 112 cm³/mol. The number of hydrogen-bond acceptors (Lipinski definition) is 5. The van der Waals surface area contributed by atoms with Gasteiger partial charge in [0, 0.05) is 43.6 Å². The Morgan fingerprint density at radius 1 is 1.24 bits per heavy atom. The maximum atomic E-state index is 14.7. The lowest BCUT2D eigenvalue weighted by molar-refractivity contribution is -0.0516. The highest BCUT2D eigenvalue weighted by molar-refractivity contribution is 6.06. The molecule has 0 unspecified atom stereocenters. The SMILES string of the molecule is COCC[C@H]1CNC(=O)c2c1[nH]c(-c1ccncc1F)c2Nc1cccc(F)c1OC(F)F. The summed E-state index contributed by atoms with van der Waals surface area (Å²) in [6, 6.07) is 4.98. The number of hydrogen-bond donors (Lipinski definition) is 3. The van der Waals surface area contributed by atoms with E-state index in [0.717, 1.165) is 12.3 Å². The van der Waals surface area contributed by atoms with Crippen molar-refractivity contribution in [1.29, 1.82) is 0 Å². The average molecular weight is 464 g/mol. The smallest absolute Gasteiger partial charge is 0.387 e. The van der Waals surface area contributed by atoms with Gasteiger partial charge in [-0.2, -0.15) is 8.78 Å². The molecule has 3 aromatic rings. The van der Waals surface area contributed by atoms with Crippen LogP contribution in [0.15, 0.2) is 36.7 Å². The number of halogens is 4.